The molecule has 192 valence electrons. The van der Waals surface area contributed by atoms with Crippen molar-refractivity contribution in [3.63, 3.8) is 0 Å². The predicted molar refractivity (Wildman–Crippen MR) is 144 cm³/mol. The van der Waals surface area contributed by atoms with Crippen LogP contribution in [0.15, 0.2) is 67.1 Å². The van der Waals surface area contributed by atoms with Gasteiger partial charge in [-0.25, -0.2) is 14.4 Å². The summed E-state index contributed by atoms with van der Waals surface area (Å²) in [4.78, 5) is 21.6. The van der Waals surface area contributed by atoms with E-state index in [1.54, 1.807) is 25.4 Å². The molecule has 6 rings (SSSR count). The summed E-state index contributed by atoms with van der Waals surface area (Å²) in [6.07, 6.45) is 5.05. The number of carbonyl (C=O) groups excluding carboxylic acids is 1. The highest BCUT2D eigenvalue weighted by molar-refractivity contribution is 6.01. The molecule has 1 saturated heterocycles. The van der Waals surface area contributed by atoms with E-state index in [0.717, 1.165) is 46.9 Å². The van der Waals surface area contributed by atoms with Gasteiger partial charge < -0.3 is 20.7 Å². The fraction of sp³-hybridized carbons (Fsp3) is 0.214. The van der Waals surface area contributed by atoms with Crippen LogP contribution in [-0.2, 0) is 11.3 Å². The third-order valence-corrected chi connectivity index (χ3v) is 6.72. The number of aromatic nitrogens is 4. The van der Waals surface area contributed by atoms with Crippen LogP contribution in [0.5, 0.6) is 5.75 Å². The maximum Gasteiger partial charge on any atom is 0.241 e. The Labute approximate surface area is 218 Å². The van der Waals surface area contributed by atoms with Crippen LogP contribution in [0.1, 0.15) is 18.4 Å². The van der Waals surface area contributed by atoms with Gasteiger partial charge in [-0.15, -0.1) is 0 Å². The third-order valence-electron chi connectivity index (χ3n) is 6.72. The van der Waals surface area contributed by atoms with E-state index < -0.39 is 0 Å². The molecule has 1 aliphatic heterocycles. The summed E-state index contributed by atoms with van der Waals surface area (Å²) in [5.74, 6) is 0.768. The monoisotopic (exact) mass is 511 g/mol. The van der Waals surface area contributed by atoms with Gasteiger partial charge in [0.15, 0.2) is 0 Å². The lowest BCUT2D eigenvalue weighted by Crippen LogP contribution is -2.35. The lowest BCUT2D eigenvalue weighted by atomic mass is 10.1. The fourth-order valence-electron chi connectivity index (χ4n) is 4.81. The van der Waals surface area contributed by atoms with E-state index >= 15 is 0 Å². The van der Waals surface area contributed by atoms with E-state index in [-0.39, 0.29) is 17.8 Å². The molecule has 1 fully saturated rings. The first-order chi connectivity index (χ1) is 18.6. The van der Waals surface area contributed by atoms with Crippen LogP contribution in [-0.4, -0.2) is 45.4 Å². The average Bonchev–Trinajstić information content (AvgIpc) is 3.59. The normalized spacial score (nSPS) is 15.2. The number of anilines is 3. The zero-order chi connectivity index (χ0) is 26.1. The number of carbonyl (C=O) groups is 1. The van der Waals surface area contributed by atoms with Crippen molar-refractivity contribution in [2.75, 3.05) is 24.3 Å². The van der Waals surface area contributed by atoms with Crippen molar-refractivity contribution in [1.29, 1.82) is 0 Å². The van der Waals surface area contributed by atoms with Crippen molar-refractivity contribution < 1.29 is 13.9 Å². The SMILES string of the molecule is COc1cc2ncnc(Nc3ccc4c(cnn4Cc4cccc(F)c4)c3)c2cc1NC(=O)[C@H]1CCCN1. The quantitative estimate of drug-likeness (QED) is 0.293. The Morgan fingerprint density at radius 2 is 2.11 bits per heavy atom. The Hall–Kier alpha value is -4.57. The molecule has 0 unspecified atom stereocenters. The summed E-state index contributed by atoms with van der Waals surface area (Å²) >= 11 is 0. The molecule has 1 atom stereocenters. The maximum atomic E-state index is 13.6. The summed E-state index contributed by atoms with van der Waals surface area (Å²) in [7, 11) is 1.56. The standard InChI is InChI=1S/C28H26FN7O2/c1-38-26-13-23-21(12-24(26)35-28(37)22-6-3-9-30-22)27(32-16-31-23)34-20-7-8-25-18(11-20)14-33-36(25)15-17-4-2-5-19(29)10-17/h2,4-5,7-8,10-14,16,22,30H,3,6,9,15H2,1H3,(H,35,37)(H,31,32,34)/t22-/m1/s1. The highest BCUT2D eigenvalue weighted by atomic mass is 19.1. The van der Waals surface area contributed by atoms with Gasteiger partial charge in [-0.2, -0.15) is 5.10 Å². The third kappa shape index (κ3) is 4.73. The van der Waals surface area contributed by atoms with Crippen LogP contribution in [0.25, 0.3) is 21.8 Å². The molecule has 5 aromatic rings. The molecule has 0 radical (unpaired) electrons. The Bertz CT molecular complexity index is 1650. The van der Waals surface area contributed by atoms with E-state index in [9.17, 15) is 9.18 Å². The molecule has 0 spiro atoms. The fourth-order valence-corrected chi connectivity index (χ4v) is 4.81. The number of amides is 1. The van der Waals surface area contributed by atoms with E-state index in [4.69, 9.17) is 4.74 Å². The average molecular weight is 512 g/mol. The lowest BCUT2D eigenvalue weighted by molar-refractivity contribution is -0.117. The molecule has 38 heavy (non-hydrogen) atoms. The molecule has 0 saturated carbocycles. The number of rotatable bonds is 7. The molecular formula is C28H26FN7O2. The van der Waals surface area contributed by atoms with Crippen LogP contribution in [0.3, 0.4) is 0 Å². The van der Waals surface area contributed by atoms with E-state index in [1.165, 1.54) is 18.5 Å². The molecule has 3 N–H and O–H groups in total. The van der Waals surface area contributed by atoms with Crippen molar-refractivity contribution in [3.05, 3.63) is 78.5 Å². The minimum atomic E-state index is -0.266. The Morgan fingerprint density at radius 3 is 2.92 bits per heavy atom. The van der Waals surface area contributed by atoms with Crippen molar-refractivity contribution in [2.45, 2.75) is 25.4 Å². The highest BCUT2D eigenvalue weighted by Crippen LogP contribution is 2.34. The molecule has 0 aliphatic carbocycles. The Morgan fingerprint density at radius 1 is 1.18 bits per heavy atom. The van der Waals surface area contributed by atoms with Crippen LogP contribution >= 0.6 is 0 Å². The molecule has 1 amide bonds. The molecule has 3 heterocycles. The van der Waals surface area contributed by atoms with E-state index in [2.05, 4.69) is 31.0 Å². The van der Waals surface area contributed by atoms with Crippen molar-refractivity contribution in [1.82, 2.24) is 25.1 Å². The summed E-state index contributed by atoms with van der Waals surface area (Å²) in [5.41, 5.74) is 3.83. The number of benzene rings is 3. The molecule has 9 nitrogen and oxygen atoms in total. The second-order valence-corrected chi connectivity index (χ2v) is 9.26. The number of nitrogens with zero attached hydrogens (tertiary/aromatic N) is 4. The van der Waals surface area contributed by atoms with Crippen LogP contribution in [0.4, 0.5) is 21.6 Å². The number of ether oxygens (including phenoxy) is 1. The second kappa shape index (κ2) is 10.1. The molecule has 0 bridgehead atoms. The van der Waals surface area contributed by atoms with Gasteiger partial charge in [-0.1, -0.05) is 12.1 Å². The zero-order valence-electron chi connectivity index (χ0n) is 20.7. The Balaban J connectivity index is 1.28. The van der Waals surface area contributed by atoms with Crippen LogP contribution < -0.4 is 20.7 Å². The number of hydrogen-bond donors (Lipinski definition) is 3. The van der Waals surface area contributed by atoms with Gasteiger partial charge in [0.05, 0.1) is 42.6 Å². The summed E-state index contributed by atoms with van der Waals surface area (Å²) in [6.45, 7) is 1.31. The van der Waals surface area contributed by atoms with Crippen LogP contribution in [0.2, 0.25) is 0 Å². The Kier molecular flexibility index (Phi) is 6.30. The summed E-state index contributed by atoms with van der Waals surface area (Å²) in [5, 5.41) is 15.7. The molecule has 10 heteroatoms. The zero-order valence-corrected chi connectivity index (χ0v) is 20.7. The first-order valence-electron chi connectivity index (χ1n) is 12.4. The van der Waals surface area contributed by atoms with Gasteiger partial charge >= 0.3 is 0 Å². The van der Waals surface area contributed by atoms with E-state index in [1.807, 2.05) is 35.0 Å². The molecule has 2 aromatic heterocycles. The number of nitrogens with one attached hydrogen (secondary N) is 3. The van der Waals surface area contributed by atoms with Gasteiger partial charge in [0.25, 0.3) is 0 Å². The maximum absolute atomic E-state index is 13.6. The largest absolute Gasteiger partial charge is 0.494 e. The lowest BCUT2D eigenvalue weighted by Gasteiger charge is -2.16. The summed E-state index contributed by atoms with van der Waals surface area (Å²) < 4.78 is 21.0. The van der Waals surface area contributed by atoms with Gasteiger partial charge in [-0.3, -0.25) is 9.48 Å². The number of fused-ring (bicyclic) bond motifs is 2. The summed E-state index contributed by atoms with van der Waals surface area (Å²) in [6, 6.07) is 15.8. The van der Waals surface area contributed by atoms with Crippen molar-refractivity contribution >= 4 is 44.9 Å². The topological polar surface area (TPSA) is 106 Å². The number of halogens is 1. The van der Waals surface area contributed by atoms with E-state index in [0.29, 0.717) is 29.3 Å². The van der Waals surface area contributed by atoms with Gasteiger partial charge in [0, 0.05) is 22.5 Å². The minimum Gasteiger partial charge on any atom is -0.494 e. The van der Waals surface area contributed by atoms with Crippen LogP contribution in [0, 0.1) is 5.82 Å². The molecule has 3 aromatic carbocycles. The molecular weight excluding hydrogens is 485 g/mol. The number of hydrogen-bond acceptors (Lipinski definition) is 7. The minimum absolute atomic E-state index is 0.0905. The first-order valence-corrected chi connectivity index (χ1v) is 12.4. The van der Waals surface area contributed by atoms with Gasteiger partial charge in [0.1, 0.15) is 23.7 Å². The van der Waals surface area contributed by atoms with Gasteiger partial charge in [-0.05, 0) is 61.3 Å². The smallest absolute Gasteiger partial charge is 0.241 e. The van der Waals surface area contributed by atoms with Crippen molar-refractivity contribution in [3.8, 4) is 5.75 Å². The number of methoxy groups -OCH3 is 1. The van der Waals surface area contributed by atoms with Crippen molar-refractivity contribution in [2.24, 2.45) is 0 Å². The molecule has 1 aliphatic rings. The first kappa shape index (κ1) is 23.8. The highest BCUT2D eigenvalue weighted by Gasteiger charge is 2.23. The van der Waals surface area contributed by atoms with Gasteiger partial charge in [0.2, 0.25) is 5.91 Å². The second-order valence-electron chi connectivity index (χ2n) is 9.26. The predicted octanol–water partition coefficient (Wildman–Crippen LogP) is 4.61.